The molecule has 1 aromatic rings. The summed E-state index contributed by atoms with van der Waals surface area (Å²) in [4.78, 5) is 0. The quantitative estimate of drug-likeness (QED) is 0.823. The Morgan fingerprint density at radius 2 is 2.00 bits per heavy atom. The van der Waals surface area contributed by atoms with E-state index < -0.39 is 0 Å². The van der Waals surface area contributed by atoms with Crippen molar-refractivity contribution >= 4 is 0 Å². The van der Waals surface area contributed by atoms with Gasteiger partial charge in [-0.05, 0) is 36.5 Å². The average molecular weight is 207 g/mol. The first-order valence-corrected chi connectivity index (χ1v) is 5.44. The minimum atomic E-state index is 0.134. The molecule has 1 atom stereocenters. The topological polar surface area (TPSA) is 35.2 Å². The van der Waals surface area contributed by atoms with E-state index >= 15 is 0 Å². The molecule has 1 aromatic carbocycles. The molecule has 0 aromatic heterocycles. The third-order valence-corrected chi connectivity index (χ3v) is 2.57. The Morgan fingerprint density at radius 1 is 1.33 bits per heavy atom. The van der Waals surface area contributed by atoms with Crippen molar-refractivity contribution in [3.63, 3.8) is 0 Å². The first-order valence-electron chi connectivity index (χ1n) is 5.44. The van der Waals surface area contributed by atoms with Crippen molar-refractivity contribution in [2.75, 3.05) is 7.11 Å². The second-order valence-corrected chi connectivity index (χ2v) is 4.47. The van der Waals surface area contributed by atoms with Gasteiger partial charge in [-0.15, -0.1) is 0 Å². The van der Waals surface area contributed by atoms with Crippen LogP contribution in [0.2, 0.25) is 0 Å². The van der Waals surface area contributed by atoms with Crippen molar-refractivity contribution in [1.29, 1.82) is 0 Å². The Balaban J connectivity index is 2.82. The van der Waals surface area contributed by atoms with E-state index in [-0.39, 0.29) is 6.04 Å². The number of aryl methyl sites for hydroxylation is 1. The van der Waals surface area contributed by atoms with Gasteiger partial charge in [-0.1, -0.05) is 26.0 Å². The Kier molecular flexibility index (Phi) is 4.15. The van der Waals surface area contributed by atoms with E-state index in [2.05, 4.69) is 26.0 Å². The Hall–Kier alpha value is -1.02. The molecule has 0 bridgehead atoms. The Labute approximate surface area is 92.4 Å². The van der Waals surface area contributed by atoms with Gasteiger partial charge in [0, 0.05) is 6.04 Å². The molecule has 2 nitrogen and oxygen atoms in total. The summed E-state index contributed by atoms with van der Waals surface area (Å²) in [7, 11) is 1.69. The molecule has 0 saturated heterocycles. The molecule has 0 heterocycles. The van der Waals surface area contributed by atoms with Gasteiger partial charge in [0.2, 0.25) is 0 Å². The zero-order valence-corrected chi connectivity index (χ0v) is 10.1. The van der Waals surface area contributed by atoms with E-state index in [1.54, 1.807) is 7.11 Å². The van der Waals surface area contributed by atoms with Gasteiger partial charge in [-0.25, -0.2) is 0 Å². The first kappa shape index (κ1) is 12.1. The zero-order valence-electron chi connectivity index (χ0n) is 10.1. The number of ether oxygens (including phenoxy) is 1. The molecule has 0 radical (unpaired) electrons. The Morgan fingerprint density at radius 3 is 2.47 bits per heavy atom. The predicted molar refractivity (Wildman–Crippen MR) is 64.1 cm³/mol. The van der Waals surface area contributed by atoms with Gasteiger partial charge in [0.25, 0.3) is 0 Å². The molecule has 1 rings (SSSR count). The van der Waals surface area contributed by atoms with Crippen LogP contribution < -0.4 is 10.5 Å². The van der Waals surface area contributed by atoms with Crippen LogP contribution in [0.25, 0.3) is 0 Å². The molecule has 0 amide bonds. The summed E-state index contributed by atoms with van der Waals surface area (Å²) in [5, 5.41) is 0. The molecule has 0 saturated carbocycles. The number of hydrogen-bond donors (Lipinski definition) is 1. The van der Waals surface area contributed by atoms with E-state index in [9.17, 15) is 0 Å². The fourth-order valence-electron chi connectivity index (χ4n) is 1.78. The molecule has 2 N–H and O–H groups in total. The molecule has 0 aliphatic carbocycles. The van der Waals surface area contributed by atoms with Crippen LogP contribution in [0.4, 0.5) is 0 Å². The fourth-order valence-corrected chi connectivity index (χ4v) is 1.78. The largest absolute Gasteiger partial charge is 0.496 e. The highest BCUT2D eigenvalue weighted by Gasteiger charge is 2.09. The van der Waals surface area contributed by atoms with Crippen molar-refractivity contribution in [2.45, 2.75) is 33.2 Å². The van der Waals surface area contributed by atoms with Crippen molar-refractivity contribution in [3.8, 4) is 5.75 Å². The Bertz CT molecular complexity index is 320. The van der Waals surface area contributed by atoms with Gasteiger partial charge in [0.1, 0.15) is 5.75 Å². The number of rotatable bonds is 4. The van der Waals surface area contributed by atoms with E-state index in [1.807, 2.05) is 13.0 Å². The summed E-state index contributed by atoms with van der Waals surface area (Å²) < 4.78 is 5.22. The molecule has 0 fully saturated rings. The third kappa shape index (κ3) is 3.24. The normalized spacial score (nSPS) is 12.9. The summed E-state index contributed by atoms with van der Waals surface area (Å²) in [6, 6.07) is 6.30. The van der Waals surface area contributed by atoms with Gasteiger partial charge in [0.05, 0.1) is 7.11 Å². The molecular formula is C13H21NO. The summed E-state index contributed by atoms with van der Waals surface area (Å²) in [6.07, 6.45) is 1.02. The van der Waals surface area contributed by atoms with Gasteiger partial charge < -0.3 is 10.5 Å². The smallest absolute Gasteiger partial charge is 0.121 e. The highest BCUT2D eigenvalue weighted by Crippen LogP contribution is 2.24. The standard InChI is InChI=1S/C13H21NO/c1-9(2)7-12(14)11-5-6-13(15-4)10(3)8-11/h5-6,8-9,12H,7,14H2,1-4H3/t12-/m1/s1. The molecule has 2 heteroatoms. The van der Waals surface area contributed by atoms with Crippen molar-refractivity contribution in [1.82, 2.24) is 0 Å². The molecule has 0 aliphatic rings. The van der Waals surface area contributed by atoms with Crippen LogP contribution in [0.1, 0.15) is 37.4 Å². The van der Waals surface area contributed by atoms with Crippen molar-refractivity contribution in [2.24, 2.45) is 11.7 Å². The van der Waals surface area contributed by atoms with Crippen LogP contribution in [-0.4, -0.2) is 7.11 Å². The van der Waals surface area contributed by atoms with Crippen LogP contribution in [0.5, 0.6) is 5.75 Å². The molecule has 84 valence electrons. The summed E-state index contributed by atoms with van der Waals surface area (Å²) in [5.41, 5.74) is 8.46. The molecule has 0 aliphatic heterocycles. The minimum Gasteiger partial charge on any atom is -0.496 e. The van der Waals surface area contributed by atoms with Crippen LogP contribution >= 0.6 is 0 Å². The van der Waals surface area contributed by atoms with Crippen molar-refractivity contribution < 1.29 is 4.74 Å². The van der Waals surface area contributed by atoms with Gasteiger partial charge in [0.15, 0.2) is 0 Å². The van der Waals surface area contributed by atoms with Crippen molar-refractivity contribution in [3.05, 3.63) is 29.3 Å². The highest BCUT2D eigenvalue weighted by molar-refractivity contribution is 5.37. The lowest BCUT2D eigenvalue weighted by Crippen LogP contribution is -2.13. The van der Waals surface area contributed by atoms with Gasteiger partial charge in [-0.3, -0.25) is 0 Å². The van der Waals surface area contributed by atoms with E-state index in [0.29, 0.717) is 5.92 Å². The zero-order chi connectivity index (χ0) is 11.4. The van der Waals surface area contributed by atoms with E-state index in [0.717, 1.165) is 17.7 Å². The lowest BCUT2D eigenvalue weighted by Gasteiger charge is -2.16. The maximum absolute atomic E-state index is 6.12. The van der Waals surface area contributed by atoms with Crippen LogP contribution in [0, 0.1) is 12.8 Å². The molecule has 0 spiro atoms. The monoisotopic (exact) mass is 207 g/mol. The first-order chi connectivity index (χ1) is 7.04. The summed E-state index contributed by atoms with van der Waals surface area (Å²) in [5.74, 6) is 1.55. The maximum Gasteiger partial charge on any atom is 0.121 e. The summed E-state index contributed by atoms with van der Waals surface area (Å²) >= 11 is 0. The third-order valence-electron chi connectivity index (χ3n) is 2.57. The van der Waals surface area contributed by atoms with Crippen LogP contribution in [-0.2, 0) is 0 Å². The number of nitrogens with two attached hydrogens (primary N) is 1. The average Bonchev–Trinajstić information content (AvgIpc) is 2.16. The highest BCUT2D eigenvalue weighted by atomic mass is 16.5. The SMILES string of the molecule is COc1ccc([C@H](N)CC(C)C)cc1C. The van der Waals surface area contributed by atoms with Gasteiger partial charge in [-0.2, -0.15) is 0 Å². The fraction of sp³-hybridized carbons (Fsp3) is 0.538. The second-order valence-electron chi connectivity index (χ2n) is 4.47. The molecular weight excluding hydrogens is 186 g/mol. The lowest BCUT2D eigenvalue weighted by molar-refractivity contribution is 0.411. The lowest BCUT2D eigenvalue weighted by atomic mass is 9.96. The van der Waals surface area contributed by atoms with E-state index in [4.69, 9.17) is 10.5 Å². The molecule has 15 heavy (non-hydrogen) atoms. The maximum atomic E-state index is 6.12. The number of hydrogen-bond acceptors (Lipinski definition) is 2. The van der Waals surface area contributed by atoms with Crippen LogP contribution in [0.15, 0.2) is 18.2 Å². The van der Waals surface area contributed by atoms with E-state index in [1.165, 1.54) is 5.56 Å². The number of benzene rings is 1. The van der Waals surface area contributed by atoms with Gasteiger partial charge >= 0.3 is 0 Å². The van der Waals surface area contributed by atoms with Crippen LogP contribution in [0.3, 0.4) is 0 Å². The minimum absolute atomic E-state index is 0.134. The summed E-state index contributed by atoms with van der Waals surface area (Å²) in [6.45, 7) is 6.43. The number of methoxy groups -OCH3 is 1. The predicted octanol–water partition coefficient (Wildman–Crippen LogP) is 3.05. The molecule has 0 unspecified atom stereocenters. The second kappa shape index (κ2) is 5.17.